The Labute approximate surface area is 172 Å². The van der Waals surface area contributed by atoms with Crippen molar-refractivity contribution in [2.75, 3.05) is 18.8 Å². The predicted octanol–water partition coefficient (Wildman–Crippen LogP) is 3.35. The molecule has 0 radical (unpaired) electrons. The van der Waals surface area contributed by atoms with Gasteiger partial charge in [-0.05, 0) is 55.8 Å². The van der Waals surface area contributed by atoms with Crippen molar-refractivity contribution in [3.63, 3.8) is 0 Å². The molecule has 1 aliphatic rings. The summed E-state index contributed by atoms with van der Waals surface area (Å²) < 4.78 is 12.5. The Hall–Kier alpha value is -3.65. The lowest BCUT2D eigenvalue weighted by atomic mass is 10.1. The molecule has 1 fully saturated rings. The van der Waals surface area contributed by atoms with Gasteiger partial charge in [0.2, 0.25) is 0 Å². The number of nitrogen functional groups attached to an aromatic ring is 1. The molecular formula is C22H21N5O3. The van der Waals surface area contributed by atoms with E-state index in [-0.39, 0.29) is 11.9 Å². The number of anilines is 1. The highest BCUT2D eigenvalue weighted by Gasteiger charge is 2.25. The molecule has 152 valence electrons. The monoisotopic (exact) mass is 403 g/mol. The molecular weight excluding hydrogens is 382 g/mol. The zero-order chi connectivity index (χ0) is 20.5. The summed E-state index contributed by atoms with van der Waals surface area (Å²) in [6.07, 6.45) is 1.94. The van der Waals surface area contributed by atoms with Gasteiger partial charge in [-0.15, -0.1) is 0 Å². The Bertz CT molecular complexity index is 1230. The van der Waals surface area contributed by atoms with E-state index in [2.05, 4.69) is 10.5 Å². The standard InChI is InChI=1S/C22H21N5O3/c23-21-18-19(14-8-10-17(11-9-14)29-16-6-2-1-3-7-16)25-27(15-5-4-12-24-13-15)20(18)22(28)30-26-21/h1-3,6-11,15,24H,4-5,12-13H2,(H2,23,26). The Balaban J connectivity index is 1.57. The summed E-state index contributed by atoms with van der Waals surface area (Å²) in [5, 5.41) is 12.4. The molecule has 3 N–H and O–H groups in total. The van der Waals surface area contributed by atoms with Crippen LogP contribution in [-0.4, -0.2) is 28.0 Å². The number of nitrogens with two attached hydrogens (primary N) is 1. The van der Waals surface area contributed by atoms with E-state index in [1.807, 2.05) is 54.6 Å². The fourth-order valence-corrected chi connectivity index (χ4v) is 3.87. The second-order valence-corrected chi connectivity index (χ2v) is 7.31. The summed E-state index contributed by atoms with van der Waals surface area (Å²) in [5.41, 5.74) is 7.36. The van der Waals surface area contributed by atoms with E-state index in [0.717, 1.165) is 37.2 Å². The highest BCUT2D eigenvalue weighted by Crippen LogP contribution is 2.33. The Morgan fingerprint density at radius 3 is 2.60 bits per heavy atom. The number of para-hydroxylation sites is 1. The molecule has 1 atom stereocenters. The summed E-state index contributed by atoms with van der Waals surface area (Å²) in [5.74, 6) is 1.62. The van der Waals surface area contributed by atoms with Gasteiger partial charge in [0, 0.05) is 12.1 Å². The number of piperidine rings is 1. The molecule has 4 aromatic rings. The van der Waals surface area contributed by atoms with Crippen molar-refractivity contribution in [1.29, 1.82) is 0 Å². The van der Waals surface area contributed by atoms with Crippen molar-refractivity contribution in [2.24, 2.45) is 0 Å². The van der Waals surface area contributed by atoms with Crippen LogP contribution in [0.5, 0.6) is 11.5 Å². The summed E-state index contributed by atoms with van der Waals surface area (Å²) >= 11 is 0. The number of ether oxygens (including phenoxy) is 1. The first-order valence-electron chi connectivity index (χ1n) is 9.92. The summed E-state index contributed by atoms with van der Waals surface area (Å²) in [4.78, 5) is 12.5. The van der Waals surface area contributed by atoms with Crippen LogP contribution in [0.15, 0.2) is 63.9 Å². The van der Waals surface area contributed by atoms with Crippen LogP contribution in [0.3, 0.4) is 0 Å². The lowest BCUT2D eigenvalue weighted by Crippen LogP contribution is -2.32. The van der Waals surface area contributed by atoms with Gasteiger partial charge in [-0.1, -0.05) is 23.4 Å². The molecule has 2 aromatic carbocycles. The molecule has 8 nitrogen and oxygen atoms in total. The number of nitrogens with zero attached hydrogens (tertiary/aromatic N) is 3. The molecule has 3 heterocycles. The highest BCUT2D eigenvalue weighted by atomic mass is 16.5. The minimum absolute atomic E-state index is 0.0559. The Morgan fingerprint density at radius 1 is 1.10 bits per heavy atom. The average Bonchev–Trinajstić information content (AvgIpc) is 3.20. The van der Waals surface area contributed by atoms with Gasteiger partial charge in [0.1, 0.15) is 17.2 Å². The molecule has 0 bridgehead atoms. The fraction of sp³-hybridized carbons (Fsp3) is 0.227. The van der Waals surface area contributed by atoms with Crippen molar-refractivity contribution >= 4 is 16.7 Å². The second-order valence-electron chi connectivity index (χ2n) is 7.31. The molecule has 30 heavy (non-hydrogen) atoms. The van der Waals surface area contributed by atoms with Crippen LogP contribution in [0.4, 0.5) is 5.82 Å². The van der Waals surface area contributed by atoms with E-state index in [0.29, 0.717) is 22.3 Å². The van der Waals surface area contributed by atoms with Crippen molar-refractivity contribution in [1.82, 2.24) is 20.3 Å². The van der Waals surface area contributed by atoms with Gasteiger partial charge in [-0.2, -0.15) is 5.10 Å². The Kier molecular flexibility index (Phi) is 4.68. The first-order valence-corrected chi connectivity index (χ1v) is 9.92. The fourth-order valence-electron chi connectivity index (χ4n) is 3.87. The molecule has 0 aliphatic carbocycles. The SMILES string of the molecule is Nc1noc(=O)c2c1c(-c1ccc(Oc3ccccc3)cc1)nn2C1CCCNC1. The van der Waals surface area contributed by atoms with Gasteiger partial charge in [0.15, 0.2) is 11.3 Å². The van der Waals surface area contributed by atoms with E-state index < -0.39 is 5.63 Å². The number of nitrogens with one attached hydrogen (secondary N) is 1. The maximum Gasteiger partial charge on any atom is 0.384 e. The quantitative estimate of drug-likeness (QED) is 0.538. The summed E-state index contributed by atoms with van der Waals surface area (Å²) in [6, 6.07) is 17.2. The lowest BCUT2D eigenvalue weighted by Gasteiger charge is -2.23. The van der Waals surface area contributed by atoms with E-state index in [1.54, 1.807) is 4.68 Å². The zero-order valence-corrected chi connectivity index (χ0v) is 16.2. The normalized spacial score (nSPS) is 16.6. The van der Waals surface area contributed by atoms with Crippen LogP contribution in [-0.2, 0) is 0 Å². The smallest absolute Gasteiger partial charge is 0.384 e. The lowest BCUT2D eigenvalue weighted by molar-refractivity contribution is 0.344. The van der Waals surface area contributed by atoms with Gasteiger partial charge in [-0.3, -0.25) is 4.68 Å². The maximum atomic E-state index is 12.5. The van der Waals surface area contributed by atoms with Gasteiger partial charge in [0.05, 0.1) is 11.4 Å². The van der Waals surface area contributed by atoms with Crippen LogP contribution in [0.2, 0.25) is 0 Å². The number of benzene rings is 2. The van der Waals surface area contributed by atoms with Crippen LogP contribution < -0.4 is 21.4 Å². The first-order chi connectivity index (χ1) is 14.7. The topological polar surface area (TPSA) is 108 Å². The van der Waals surface area contributed by atoms with Crippen molar-refractivity contribution in [2.45, 2.75) is 18.9 Å². The zero-order valence-electron chi connectivity index (χ0n) is 16.2. The first kappa shape index (κ1) is 18.4. The molecule has 0 spiro atoms. The number of hydrogen-bond donors (Lipinski definition) is 2. The Morgan fingerprint density at radius 2 is 1.87 bits per heavy atom. The number of hydrogen-bond acceptors (Lipinski definition) is 7. The molecule has 1 saturated heterocycles. The third-order valence-corrected chi connectivity index (χ3v) is 5.31. The third kappa shape index (κ3) is 3.31. The van der Waals surface area contributed by atoms with Gasteiger partial charge in [-0.25, -0.2) is 4.79 Å². The van der Waals surface area contributed by atoms with Crippen LogP contribution in [0.25, 0.3) is 22.2 Å². The predicted molar refractivity (Wildman–Crippen MR) is 114 cm³/mol. The number of aromatic nitrogens is 3. The molecule has 8 heteroatoms. The maximum absolute atomic E-state index is 12.5. The molecule has 0 amide bonds. The van der Waals surface area contributed by atoms with Crippen molar-refractivity contribution < 1.29 is 9.26 Å². The van der Waals surface area contributed by atoms with Crippen LogP contribution >= 0.6 is 0 Å². The van der Waals surface area contributed by atoms with Crippen LogP contribution in [0, 0.1) is 0 Å². The molecule has 1 aliphatic heterocycles. The van der Waals surface area contributed by atoms with Gasteiger partial charge >= 0.3 is 5.63 Å². The largest absolute Gasteiger partial charge is 0.457 e. The molecule has 2 aromatic heterocycles. The van der Waals surface area contributed by atoms with Crippen molar-refractivity contribution in [3.05, 3.63) is 65.0 Å². The summed E-state index contributed by atoms with van der Waals surface area (Å²) in [6.45, 7) is 1.70. The average molecular weight is 403 g/mol. The number of rotatable bonds is 4. The molecule has 5 rings (SSSR count). The van der Waals surface area contributed by atoms with E-state index in [1.165, 1.54) is 0 Å². The molecule has 1 unspecified atom stereocenters. The third-order valence-electron chi connectivity index (χ3n) is 5.31. The second kappa shape index (κ2) is 7.64. The minimum Gasteiger partial charge on any atom is -0.457 e. The van der Waals surface area contributed by atoms with E-state index in [4.69, 9.17) is 20.1 Å². The van der Waals surface area contributed by atoms with Gasteiger partial charge < -0.3 is 20.3 Å². The van der Waals surface area contributed by atoms with Crippen LogP contribution in [0.1, 0.15) is 18.9 Å². The highest BCUT2D eigenvalue weighted by molar-refractivity contribution is 5.99. The van der Waals surface area contributed by atoms with E-state index >= 15 is 0 Å². The van der Waals surface area contributed by atoms with Gasteiger partial charge in [0.25, 0.3) is 0 Å². The van der Waals surface area contributed by atoms with Crippen molar-refractivity contribution in [3.8, 4) is 22.8 Å². The van der Waals surface area contributed by atoms with E-state index in [9.17, 15) is 4.79 Å². The molecule has 0 saturated carbocycles. The minimum atomic E-state index is -0.535. The summed E-state index contributed by atoms with van der Waals surface area (Å²) in [7, 11) is 0. The number of fused-ring (bicyclic) bond motifs is 1.